The topological polar surface area (TPSA) is 12.0 Å². The fraction of sp³-hybridized carbons (Fsp3) is 0.500. The van der Waals surface area contributed by atoms with Gasteiger partial charge in [0.1, 0.15) is 0 Å². The smallest absolute Gasteiger partial charge is 0.302 e. The number of alkyl halides is 5. The summed E-state index contributed by atoms with van der Waals surface area (Å²) >= 11 is 0. The Kier molecular flexibility index (Phi) is 4.67. The quantitative estimate of drug-likeness (QED) is 0.813. The van der Waals surface area contributed by atoms with E-state index in [9.17, 15) is 22.0 Å². The number of rotatable bonds is 4. The molecule has 0 aromatic heterocycles. The lowest BCUT2D eigenvalue weighted by atomic mass is 10.0. The first-order valence-electron chi connectivity index (χ1n) is 5.43. The normalized spacial score (nSPS) is 15.8. The predicted molar refractivity (Wildman–Crippen MR) is 58.5 cm³/mol. The Morgan fingerprint density at radius 2 is 1.72 bits per heavy atom. The van der Waals surface area contributed by atoms with Crippen molar-refractivity contribution < 1.29 is 22.0 Å². The lowest BCUT2D eigenvalue weighted by Gasteiger charge is -2.20. The summed E-state index contributed by atoms with van der Waals surface area (Å²) in [5.74, 6) is 0. The second kappa shape index (κ2) is 5.65. The molecular weight excluding hydrogens is 253 g/mol. The molecule has 0 aliphatic carbocycles. The Hall–Kier alpha value is -1.17. The Labute approximate surface area is 102 Å². The fourth-order valence-corrected chi connectivity index (χ4v) is 1.55. The fourth-order valence-electron chi connectivity index (χ4n) is 1.55. The standard InChI is InChI=1S/C12H14F5N/c1-7(18-8(2)11(13)14)9-4-3-5-10(6-9)12(15,16)17/h3-8,11,18H,1-2H3. The van der Waals surface area contributed by atoms with Crippen molar-refractivity contribution in [3.8, 4) is 0 Å². The van der Waals surface area contributed by atoms with Gasteiger partial charge in [-0.25, -0.2) is 8.78 Å². The van der Waals surface area contributed by atoms with Crippen LogP contribution in [0.2, 0.25) is 0 Å². The van der Waals surface area contributed by atoms with E-state index in [1.165, 1.54) is 19.1 Å². The summed E-state index contributed by atoms with van der Waals surface area (Å²) in [7, 11) is 0. The average molecular weight is 267 g/mol. The molecule has 0 saturated heterocycles. The minimum Gasteiger partial charge on any atom is -0.302 e. The minimum atomic E-state index is -4.43. The van der Waals surface area contributed by atoms with Crippen LogP contribution in [0.25, 0.3) is 0 Å². The minimum absolute atomic E-state index is 0.331. The molecule has 1 aromatic rings. The van der Waals surface area contributed by atoms with Crippen molar-refractivity contribution in [2.45, 2.75) is 38.5 Å². The van der Waals surface area contributed by atoms with Crippen LogP contribution in [0.3, 0.4) is 0 Å². The van der Waals surface area contributed by atoms with E-state index in [-0.39, 0.29) is 0 Å². The highest BCUT2D eigenvalue weighted by Gasteiger charge is 2.30. The zero-order chi connectivity index (χ0) is 13.9. The number of hydrogen-bond donors (Lipinski definition) is 1. The zero-order valence-electron chi connectivity index (χ0n) is 9.93. The third kappa shape index (κ3) is 3.94. The van der Waals surface area contributed by atoms with Crippen molar-refractivity contribution in [2.75, 3.05) is 0 Å². The second-order valence-corrected chi connectivity index (χ2v) is 4.13. The summed E-state index contributed by atoms with van der Waals surface area (Å²) in [4.78, 5) is 0. The van der Waals surface area contributed by atoms with Crippen LogP contribution >= 0.6 is 0 Å². The van der Waals surface area contributed by atoms with Crippen molar-refractivity contribution in [2.24, 2.45) is 0 Å². The molecule has 0 heterocycles. The Bertz CT molecular complexity index is 388. The predicted octanol–water partition coefficient (Wildman–Crippen LogP) is 4.01. The van der Waals surface area contributed by atoms with Crippen LogP contribution in [0.5, 0.6) is 0 Å². The summed E-state index contributed by atoms with van der Waals surface area (Å²) in [6.07, 6.45) is -6.98. The molecular formula is C12H14F5N. The van der Waals surface area contributed by atoms with Crippen LogP contribution in [-0.2, 0) is 6.18 Å². The molecule has 2 unspecified atom stereocenters. The first-order chi connectivity index (χ1) is 8.21. The van der Waals surface area contributed by atoms with Crippen molar-refractivity contribution in [1.82, 2.24) is 5.32 Å². The first kappa shape index (κ1) is 14.9. The summed E-state index contributed by atoms with van der Waals surface area (Å²) < 4.78 is 62.1. The SMILES string of the molecule is CC(NC(C)C(F)F)c1cccc(C(F)(F)F)c1. The van der Waals surface area contributed by atoms with E-state index in [4.69, 9.17) is 0 Å². The van der Waals surface area contributed by atoms with Gasteiger partial charge in [-0.2, -0.15) is 13.2 Å². The van der Waals surface area contributed by atoms with Crippen LogP contribution in [0.15, 0.2) is 24.3 Å². The van der Waals surface area contributed by atoms with Gasteiger partial charge in [-0.1, -0.05) is 12.1 Å². The molecule has 2 atom stereocenters. The third-order valence-corrected chi connectivity index (χ3v) is 2.60. The van der Waals surface area contributed by atoms with Gasteiger partial charge in [0.25, 0.3) is 6.43 Å². The molecule has 0 aliphatic rings. The Morgan fingerprint density at radius 1 is 1.11 bits per heavy atom. The molecule has 0 aliphatic heterocycles. The maximum Gasteiger partial charge on any atom is 0.416 e. The lowest BCUT2D eigenvalue weighted by molar-refractivity contribution is -0.137. The maximum absolute atomic E-state index is 12.5. The third-order valence-electron chi connectivity index (χ3n) is 2.60. The largest absolute Gasteiger partial charge is 0.416 e. The molecule has 0 saturated carbocycles. The number of hydrogen-bond acceptors (Lipinski definition) is 1. The highest BCUT2D eigenvalue weighted by molar-refractivity contribution is 5.27. The van der Waals surface area contributed by atoms with Gasteiger partial charge in [0.15, 0.2) is 0 Å². The summed E-state index contributed by atoms with van der Waals surface area (Å²) in [5.41, 5.74) is -0.448. The Morgan fingerprint density at radius 3 is 2.22 bits per heavy atom. The van der Waals surface area contributed by atoms with Crippen LogP contribution in [0, 0.1) is 0 Å². The van der Waals surface area contributed by atoms with Gasteiger partial charge in [-0.05, 0) is 31.5 Å². The summed E-state index contributed by atoms with van der Waals surface area (Å²) in [6, 6.07) is 3.02. The molecule has 1 rings (SSSR count). The van der Waals surface area contributed by atoms with E-state index in [0.717, 1.165) is 12.1 Å². The maximum atomic E-state index is 12.5. The molecule has 0 amide bonds. The molecule has 0 spiro atoms. The highest BCUT2D eigenvalue weighted by atomic mass is 19.4. The average Bonchev–Trinajstić information content (AvgIpc) is 2.27. The van der Waals surface area contributed by atoms with Crippen LogP contribution in [0.1, 0.15) is 31.0 Å². The summed E-state index contributed by atoms with van der Waals surface area (Å²) in [5, 5.41) is 2.56. The monoisotopic (exact) mass is 267 g/mol. The van der Waals surface area contributed by atoms with Crippen LogP contribution in [-0.4, -0.2) is 12.5 Å². The van der Waals surface area contributed by atoms with Crippen molar-refractivity contribution in [1.29, 1.82) is 0 Å². The Balaban J connectivity index is 2.84. The van der Waals surface area contributed by atoms with Crippen molar-refractivity contribution in [3.05, 3.63) is 35.4 Å². The molecule has 0 fully saturated rings. The lowest BCUT2D eigenvalue weighted by Crippen LogP contribution is -2.34. The van der Waals surface area contributed by atoms with E-state index in [2.05, 4.69) is 5.32 Å². The van der Waals surface area contributed by atoms with Gasteiger partial charge in [-0.15, -0.1) is 0 Å². The molecule has 1 N–H and O–H groups in total. The second-order valence-electron chi connectivity index (χ2n) is 4.13. The zero-order valence-corrected chi connectivity index (χ0v) is 9.93. The summed E-state index contributed by atoms with van der Waals surface area (Å²) in [6.45, 7) is 2.84. The van der Waals surface area contributed by atoms with Gasteiger partial charge < -0.3 is 5.32 Å². The van der Waals surface area contributed by atoms with Crippen LogP contribution in [0.4, 0.5) is 22.0 Å². The van der Waals surface area contributed by atoms with Gasteiger partial charge in [-0.3, -0.25) is 0 Å². The van der Waals surface area contributed by atoms with Gasteiger partial charge in [0.2, 0.25) is 0 Å². The molecule has 18 heavy (non-hydrogen) atoms. The van der Waals surface area contributed by atoms with E-state index < -0.39 is 30.2 Å². The molecule has 0 bridgehead atoms. The molecule has 102 valence electrons. The molecule has 0 radical (unpaired) electrons. The van der Waals surface area contributed by atoms with E-state index in [1.807, 2.05) is 0 Å². The molecule has 1 aromatic carbocycles. The van der Waals surface area contributed by atoms with Crippen LogP contribution < -0.4 is 5.32 Å². The number of benzene rings is 1. The number of halogens is 5. The van der Waals surface area contributed by atoms with Gasteiger partial charge in [0, 0.05) is 6.04 Å². The highest BCUT2D eigenvalue weighted by Crippen LogP contribution is 2.30. The van der Waals surface area contributed by atoms with Crippen molar-refractivity contribution >= 4 is 0 Å². The van der Waals surface area contributed by atoms with Gasteiger partial charge in [0.05, 0.1) is 11.6 Å². The molecule has 6 heteroatoms. The first-order valence-corrected chi connectivity index (χ1v) is 5.43. The van der Waals surface area contributed by atoms with Gasteiger partial charge >= 0.3 is 6.18 Å². The molecule has 1 nitrogen and oxygen atoms in total. The van der Waals surface area contributed by atoms with E-state index >= 15 is 0 Å². The van der Waals surface area contributed by atoms with Crippen molar-refractivity contribution in [3.63, 3.8) is 0 Å². The van der Waals surface area contributed by atoms with E-state index in [1.54, 1.807) is 6.92 Å². The number of nitrogens with one attached hydrogen (secondary N) is 1. The van der Waals surface area contributed by atoms with E-state index in [0.29, 0.717) is 5.56 Å².